The Morgan fingerprint density at radius 3 is 2.09 bits per heavy atom. The van der Waals surface area contributed by atoms with Crippen LogP contribution in [0.1, 0.15) is 5.56 Å². The molecule has 5 N–H and O–H groups in total. The van der Waals surface area contributed by atoms with Gasteiger partial charge in [-0.15, -0.1) is 0 Å². The lowest BCUT2D eigenvalue weighted by Crippen LogP contribution is -2.38. The van der Waals surface area contributed by atoms with Crippen LogP contribution in [0.3, 0.4) is 0 Å². The average molecular weight is 328 g/mol. The fraction of sp³-hybridized carbons (Fsp3) is 0.200. The molecule has 0 aliphatic rings. The van der Waals surface area contributed by atoms with Gasteiger partial charge in [-0.3, -0.25) is 4.79 Å². The van der Waals surface area contributed by atoms with Crippen molar-refractivity contribution in [3.8, 4) is 0 Å². The van der Waals surface area contributed by atoms with Gasteiger partial charge >= 0.3 is 12.1 Å². The summed E-state index contributed by atoms with van der Waals surface area (Å²) >= 11 is 0. The summed E-state index contributed by atoms with van der Waals surface area (Å²) in [6, 6.07) is 13.5. The predicted octanol–water partition coefficient (Wildman–Crippen LogP) is 1.83. The van der Waals surface area contributed by atoms with Gasteiger partial charge in [-0.2, -0.15) is 13.2 Å². The minimum absolute atomic E-state index is 0.465. The monoisotopic (exact) mass is 328 g/mol. The number of nitrogens with two attached hydrogens (primary N) is 2. The molecule has 2 aromatic carbocycles. The van der Waals surface area contributed by atoms with Crippen LogP contribution in [-0.4, -0.2) is 29.2 Å². The Morgan fingerprint density at radius 2 is 1.61 bits per heavy atom. The molecule has 8 heteroatoms. The lowest BCUT2D eigenvalue weighted by atomic mass is 10.0. The van der Waals surface area contributed by atoms with Crippen LogP contribution in [0.25, 0.3) is 10.8 Å². The lowest BCUT2D eigenvalue weighted by molar-refractivity contribution is -0.192. The molecule has 0 aromatic heterocycles. The van der Waals surface area contributed by atoms with E-state index in [0.717, 1.165) is 10.9 Å². The van der Waals surface area contributed by atoms with E-state index in [1.54, 1.807) is 0 Å². The van der Waals surface area contributed by atoms with Crippen LogP contribution in [0, 0.1) is 0 Å². The highest BCUT2D eigenvalue weighted by Gasteiger charge is 2.38. The van der Waals surface area contributed by atoms with E-state index in [-0.39, 0.29) is 0 Å². The van der Waals surface area contributed by atoms with Crippen molar-refractivity contribution in [3.05, 3.63) is 48.0 Å². The molecule has 0 saturated heterocycles. The van der Waals surface area contributed by atoms with E-state index in [1.807, 2.05) is 42.5 Å². The van der Waals surface area contributed by atoms with Crippen LogP contribution in [0.5, 0.6) is 0 Å². The van der Waals surface area contributed by atoms with Crippen molar-refractivity contribution in [2.75, 3.05) is 0 Å². The minimum atomic E-state index is -5.08. The third-order valence-electron chi connectivity index (χ3n) is 2.88. The number of alkyl halides is 3. The number of aliphatic carboxylic acids is 1. The van der Waals surface area contributed by atoms with Gasteiger partial charge in [0, 0.05) is 0 Å². The molecule has 2 aromatic rings. The molecule has 0 unspecified atom stereocenters. The highest BCUT2D eigenvalue weighted by Crippen LogP contribution is 2.16. The first-order chi connectivity index (χ1) is 10.6. The summed E-state index contributed by atoms with van der Waals surface area (Å²) in [5.74, 6) is -3.22. The Morgan fingerprint density at radius 1 is 1.09 bits per heavy atom. The highest BCUT2D eigenvalue weighted by atomic mass is 19.4. The first-order valence-electron chi connectivity index (χ1n) is 6.44. The minimum Gasteiger partial charge on any atom is -0.475 e. The van der Waals surface area contributed by atoms with Gasteiger partial charge in [0.25, 0.3) is 0 Å². The Bertz CT molecular complexity index is 702. The summed E-state index contributed by atoms with van der Waals surface area (Å²) in [6.07, 6.45) is -4.60. The van der Waals surface area contributed by atoms with Gasteiger partial charge in [0.05, 0.1) is 6.04 Å². The van der Waals surface area contributed by atoms with E-state index in [4.69, 9.17) is 21.4 Å². The van der Waals surface area contributed by atoms with Gasteiger partial charge in [-0.1, -0.05) is 42.5 Å². The Balaban J connectivity index is 0.000000322. The zero-order valence-corrected chi connectivity index (χ0v) is 11.9. The van der Waals surface area contributed by atoms with Crippen molar-refractivity contribution in [2.45, 2.75) is 18.6 Å². The van der Waals surface area contributed by atoms with Crippen molar-refractivity contribution in [2.24, 2.45) is 11.5 Å². The zero-order chi connectivity index (χ0) is 17.6. The van der Waals surface area contributed by atoms with E-state index < -0.39 is 24.1 Å². The molecule has 0 aliphatic carbocycles. The van der Waals surface area contributed by atoms with Crippen molar-refractivity contribution in [1.29, 1.82) is 0 Å². The first-order valence-corrected chi connectivity index (χ1v) is 6.44. The maximum atomic E-state index is 10.9. The molecule has 124 valence electrons. The fourth-order valence-corrected chi connectivity index (χ4v) is 1.72. The number of rotatable bonds is 3. The molecule has 0 saturated carbocycles. The molecule has 1 atom stereocenters. The molecule has 0 heterocycles. The molecular formula is C15H15F3N2O3. The molecule has 0 bridgehead atoms. The second-order valence-electron chi connectivity index (χ2n) is 4.70. The van der Waals surface area contributed by atoms with Gasteiger partial charge in [-0.25, -0.2) is 4.79 Å². The Labute approximate surface area is 129 Å². The van der Waals surface area contributed by atoms with Crippen molar-refractivity contribution < 1.29 is 27.9 Å². The number of hydrogen-bond acceptors (Lipinski definition) is 3. The van der Waals surface area contributed by atoms with Crippen LogP contribution in [-0.2, 0) is 16.0 Å². The van der Waals surface area contributed by atoms with Crippen molar-refractivity contribution >= 4 is 22.6 Å². The number of amides is 1. The van der Waals surface area contributed by atoms with Crippen LogP contribution < -0.4 is 11.5 Å². The van der Waals surface area contributed by atoms with Gasteiger partial charge in [0.2, 0.25) is 5.91 Å². The third-order valence-corrected chi connectivity index (χ3v) is 2.88. The number of halogens is 3. The van der Waals surface area contributed by atoms with Crippen LogP contribution in [0.15, 0.2) is 42.5 Å². The van der Waals surface area contributed by atoms with Gasteiger partial charge in [0.15, 0.2) is 0 Å². The number of primary amides is 1. The van der Waals surface area contributed by atoms with Crippen LogP contribution in [0.4, 0.5) is 13.2 Å². The SMILES string of the molecule is NC(=O)[C@@H](N)Cc1ccc2ccccc2c1.O=C(O)C(F)(F)F. The smallest absolute Gasteiger partial charge is 0.475 e. The topological polar surface area (TPSA) is 106 Å². The maximum absolute atomic E-state index is 10.9. The van der Waals surface area contributed by atoms with Crippen LogP contribution >= 0.6 is 0 Å². The molecule has 23 heavy (non-hydrogen) atoms. The standard InChI is InChI=1S/C13H14N2O.C2HF3O2/c14-12(13(15)16)8-9-5-6-10-3-1-2-4-11(10)7-9;3-2(4,5)1(6)7/h1-7,12H,8,14H2,(H2,15,16);(H,6,7)/t12-;/m0./s1. The molecule has 0 spiro atoms. The number of carboxylic acid groups (broad SMARTS) is 1. The van der Waals surface area contributed by atoms with E-state index in [9.17, 15) is 18.0 Å². The number of hydrogen-bond donors (Lipinski definition) is 3. The molecular weight excluding hydrogens is 313 g/mol. The zero-order valence-electron chi connectivity index (χ0n) is 11.9. The fourth-order valence-electron chi connectivity index (χ4n) is 1.72. The number of carboxylic acids is 1. The summed E-state index contributed by atoms with van der Waals surface area (Å²) in [7, 11) is 0. The molecule has 5 nitrogen and oxygen atoms in total. The summed E-state index contributed by atoms with van der Waals surface area (Å²) in [4.78, 5) is 19.8. The van der Waals surface area contributed by atoms with E-state index in [1.165, 1.54) is 5.39 Å². The summed E-state index contributed by atoms with van der Waals surface area (Å²) < 4.78 is 31.7. The molecule has 1 amide bonds. The van der Waals surface area contributed by atoms with E-state index in [2.05, 4.69) is 0 Å². The second kappa shape index (κ2) is 7.59. The number of carbonyl (C=O) groups excluding carboxylic acids is 1. The summed E-state index contributed by atoms with van der Waals surface area (Å²) in [5, 5.41) is 9.45. The second-order valence-corrected chi connectivity index (χ2v) is 4.70. The predicted molar refractivity (Wildman–Crippen MR) is 78.5 cm³/mol. The van der Waals surface area contributed by atoms with E-state index in [0.29, 0.717) is 6.42 Å². The molecule has 0 fully saturated rings. The van der Waals surface area contributed by atoms with Gasteiger partial charge in [-0.05, 0) is 22.8 Å². The highest BCUT2D eigenvalue weighted by molar-refractivity contribution is 5.84. The van der Waals surface area contributed by atoms with Crippen molar-refractivity contribution in [1.82, 2.24) is 0 Å². The number of benzene rings is 2. The third kappa shape index (κ3) is 5.95. The molecule has 0 aliphatic heterocycles. The quantitative estimate of drug-likeness (QED) is 0.799. The number of fused-ring (bicyclic) bond motifs is 1. The molecule has 2 rings (SSSR count). The first kappa shape index (κ1) is 18.4. The number of carbonyl (C=O) groups is 2. The van der Waals surface area contributed by atoms with Crippen molar-refractivity contribution in [3.63, 3.8) is 0 Å². The largest absolute Gasteiger partial charge is 0.490 e. The molecule has 0 radical (unpaired) electrons. The van der Waals surface area contributed by atoms with E-state index >= 15 is 0 Å². The summed E-state index contributed by atoms with van der Waals surface area (Å²) in [6.45, 7) is 0. The Hall–Kier alpha value is -2.61. The van der Waals surface area contributed by atoms with Gasteiger partial charge < -0.3 is 16.6 Å². The maximum Gasteiger partial charge on any atom is 0.490 e. The Kier molecular flexibility index (Phi) is 6.09. The summed E-state index contributed by atoms with van der Waals surface area (Å²) in [5.41, 5.74) is 11.8. The average Bonchev–Trinajstić information content (AvgIpc) is 2.46. The lowest BCUT2D eigenvalue weighted by Gasteiger charge is -2.08. The van der Waals surface area contributed by atoms with Gasteiger partial charge in [0.1, 0.15) is 0 Å². The normalized spacial score (nSPS) is 12.2. The van der Waals surface area contributed by atoms with Crippen LogP contribution in [0.2, 0.25) is 0 Å².